The quantitative estimate of drug-likeness (QED) is 0.852. The third-order valence-electron chi connectivity index (χ3n) is 5.21. The number of hydrogen-bond donors (Lipinski definition) is 2. The Morgan fingerprint density at radius 3 is 2.64 bits per heavy atom. The van der Waals surface area contributed by atoms with Gasteiger partial charge in [-0.1, -0.05) is 6.07 Å². The minimum atomic E-state index is -4.47. The molecule has 1 heterocycles. The van der Waals surface area contributed by atoms with Gasteiger partial charge in [0.05, 0.1) is 12.2 Å². The van der Waals surface area contributed by atoms with E-state index in [1.807, 2.05) is 0 Å². The molecule has 3 rings (SSSR count). The Morgan fingerprint density at radius 2 is 2.04 bits per heavy atom. The summed E-state index contributed by atoms with van der Waals surface area (Å²) < 4.78 is 38.8. The first kappa shape index (κ1) is 18.2. The Hall–Kier alpha value is -1.60. The van der Waals surface area contributed by atoms with Crippen LogP contribution >= 0.6 is 0 Å². The average molecular weight is 356 g/mol. The van der Waals surface area contributed by atoms with Gasteiger partial charge in [-0.2, -0.15) is 13.2 Å². The standard InChI is InChI=1S/C18H23F3N2O2/c1-11-2-5-13(18(19,20)21)8-14(11)17(25)22-16-10-23(6-7-24)9-15(16)12-3-4-12/h2,5,8,12,15-16,24H,3-4,6-7,9-10H2,1H3,(H,22,25)/t15-,16+/m1/s1. The highest BCUT2D eigenvalue weighted by Crippen LogP contribution is 2.41. The lowest BCUT2D eigenvalue weighted by Gasteiger charge is -2.20. The number of halogens is 3. The van der Waals surface area contributed by atoms with E-state index in [4.69, 9.17) is 5.11 Å². The van der Waals surface area contributed by atoms with E-state index in [0.717, 1.165) is 31.5 Å². The molecule has 0 aromatic heterocycles. The highest BCUT2D eigenvalue weighted by atomic mass is 19.4. The van der Waals surface area contributed by atoms with Gasteiger partial charge in [0.2, 0.25) is 0 Å². The van der Waals surface area contributed by atoms with Crippen molar-refractivity contribution in [1.29, 1.82) is 0 Å². The van der Waals surface area contributed by atoms with Crippen LogP contribution in [0, 0.1) is 18.8 Å². The molecule has 2 aliphatic rings. The van der Waals surface area contributed by atoms with Crippen molar-refractivity contribution in [3.05, 3.63) is 34.9 Å². The van der Waals surface area contributed by atoms with E-state index in [1.165, 1.54) is 6.07 Å². The van der Waals surface area contributed by atoms with Crippen molar-refractivity contribution >= 4 is 5.91 Å². The molecule has 0 bridgehead atoms. The molecule has 4 nitrogen and oxygen atoms in total. The van der Waals surface area contributed by atoms with Crippen molar-refractivity contribution in [2.24, 2.45) is 11.8 Å². The van der Waals surface area contributed by atoms with Crippen LogP contribution in [0.2, 0.25) is 0 Å². The molecule has 1 aliphatic carbocycles. The molecule has 138 valence electrons. The predicted octanol–water partition coefficient (Wildman–Crippen LogP) is 2.45. The first-order chi connectivity index (χ1) is 11.8. The third-order valence-corrected chi connectivity index (χ3v) is 5.21. The maximum absolute atomic E-state index is 12.9. The second-order valence-electron chi connectivity index (χ2n) is 7.09. The molecular formula is C18H23F3N2O2. The van der Waals surface area contributed by atoms with E-state index in [9.17, 15) is 18.0 Å². The number of alkyl halides is 3. The summed E-state index contributed by atoms with van der Waals surface area (Å²) in [5.74, 6) is 0.420. The fraction of sp³-hybridized carbons (Fsp3) is 0.611. The smallest absolute Gasteiger partial charge is 0.395 e. The van der Waals surface area contributed by atoms with Gasteiger partial charge in [0.1, 0.15) is 0 Å². The summed E-state index contributed by atoms with van der Waals surface area (Å²) in [7, 11) is 0. The first-order valence-corrected chi connectivity index (χ1v) is 8.61. The molecule has 1 aromatic carbocycles. The number of hydrogen-bond acceptors (Lipinski definition) is 3. The minimum Gasteiger partial charge on any atom is -0.395 e. The second kappa shape index (κ2) is 6.96. The Labute approximate surface area is 145 Å². The van der Waals surface area contributed by atoms with Crippen LogP contribution in [0.4, 0.5) is 13.2 Å². The monoisotopic (exact) mass is 356 g/mol. The summed E-state index contributed by atoms with van der Waals surface area (Å²) in [6.45, 7) is 3.70. The van der Waals surface area contributed by atoms with Gasteiger partial charge in [0, 0.05) is 31.2 Å². The topological polar surface area (TPSA) is 52.6 Å². The lowest BCUT2D eigenvalue weighted by molar-refractivity contribution is -0.137. The summed E-state index contributed by atoms with van der Waals surface area (Å²) in [6, 6.07) is 3.18. The Morgan fingerprint density at radius 1 is 1.32 bits per heavy atom. The normalized spacial score (nSPS) is 24.5. The number of aliphatic hydroxyl groups is 1. The molecule has 2 atom stereocenters. The van der Waals surface area contributed by atoms with Crippen molar-refractivity contribution in [2.45, 2.75) is 32.0 Å². The summed E-state index contributed by atoms with van der Waals surface area (Å²) in [6.07, 6.45) is -2.20. The molecule has 1 saturated carbocycles. The summed E-state index contributed by atoms with van der Waals surface area (Å²) in [4.78, 5) is 14.7. The summed E-state index contributed by atoms with van der Waals surface area (Å²) in [5.41, 5.74) is -0.209. The molecule has 1 aliphatic heterocycles. The van der Waals surface area contributed by atoms with Gasteiger partial charge in [0.15, 0.2) is 0 Å². The zero-order valence-corrected chi connectivity index (χ0v) is 14.1. The maximum atomic E-state index is 12.9. The zero-order chi connectivity index (χ0) is 18.2. The predicted molar refractivity (Wildman–Crippen MR) is 87.2 cm³/mol. The third kappa shape index (κ3) is 4.15. The van der Waals surface area contributed by atoms with E-state index in [2.05, 4.69) is 10.2 Å². The fourth-order valence-electron chi connectivity index (χ4n) is 3.68. The molecule has 25 heavy (non-hydrogen) atoms. The van der Waals surface area contributed by atoms with Crippen molar-refractivity contribution in [3.63, 3.8) is 0 Å². The number of nitrogens with zero attached hydrogens (tertiary/aromatic N) is 1. The largest absolute Gasteiger partial charge is 0.416 e. The Bertz CT molecular complexity index is 644. The summed E-state index contributed by atoms with van der Waals surface area (Å²) in [5, 5.41) is 12.1. The maximum Gasteiger partial charge on any atom is 0.416 e. The van der Waals surface area contributed by atoms with Crippen molar-refractivity contribution in [2.75, 3.05) is 26.2 Å². The van der Waals surface area contributed by atoms with Gasteiger partial charge < -0.3 is 10.4 Å². The number of aryl methyl sites for hydroxylation is 1. The van der Waals surface area contributed by atoms with Gasteiger partial charge in [-0.25, -0.2) is 0 Å². The van der Waals surface area contributed by atoms with E-state index >= 15 is 0 Å². The lowest BCUT2D eigenvalue weighted by atomic mass is 9.97. The molecule has 1 amide bonds. The van der Waals surface area contributed by atoms with Gasteiger partial charge in [-0.3, -0.25) is 9.69 Å². The zero-order valence-electron chi connectivity index (χ0n) is 14.1. The Kier molecular flexibility index (Phi) is 5.06. The van der Waals surface area contributed by atoms with Crippen LogP contribution in [-0.4, -0.2) is 48.2 Å². The van der Waals surface area contributed by atoms with E-state index < -0.39 is 17.6 Å². The first-order valence-electron chi connectivity index (χ1n) is 8.61. The van der Waals surface area contributed by atoms with Gasteiger partial charge in [0.25, 0.3) is 5.91 Å². The molecule has 7 heteroatoms. The second-order valence-corrected chi connectivity index (χ2v) is 7.09. The average Bonchev–Trinajstić information content (AvgIpc) is 3.30. The molecule has 2 N–H and O–H groups in total. The van der Waals surface area contributed by atoms with Crippen molar-refractivity contribution < 1.29 is 23.1 Å². The van der Waals surface area contributed by atoms with Crippen LogP contribution in [0.3, 0.4) is 0 Å². The van der Waals surface area contributed by atoms with E-state index in [1.54, 1.807) is 6.92 Å². The molecule has 0 radical (unpaired) electrons. The molecule has 0 spiro atoms. The number of benzene rings is 1. The van der Waals surface area contributed by atoms with Crippen LogP contribution in [0.15, 0.2) is 18.2 Å². The molecule has 1 aromatic rings. The van der Waals surface area contributed by atoms with Crippen molar-refractivity contribution in [3.8, 4) is 0 Å². The lowest BCUT2D eigenvalue weighted by Crippen LogP contribution is -2.41. The van der Waals surface area contributed by atoms with Crippen LogP contribution in [-0.2, 0) is 6.18 Å². The number of amides is 1. The van der Waals surface area contributed by atoms with Gasteiger partial charge in [-0.05, 0) is 49.3 Å². The van der Waals surface area contributed by atoms with Crippen LogP contribution in [0.1, 0.15) is 34.3 Å². The van der Waals surface area contributed by atoms with Crippen molar-refractivity contribution in [1.82, 2.24) is 10.2 Å². The summed E-state index contributed by atoms with van der Waals surface area (Å²) >= 11 is 0. The molecule has 0 unspecified atom stereocenters. The molecular weight excluding hydrogens is 333 g/mol. The van der Waals surface area contributed by atoms with Gasteiger partial charge >= 0.3 is 6.18 Å². The number of aliphatic hydroxyl groups excluding tert-OH is 1. The number of carbonyl (C=O) groups excluding carboxylic acids is 1. The fourth-order valence-corrected chi connectivity index (χ4v) is 3.68. The van der Waals surface area contributed by atoms with E-state index in [0.29, 0.717) is 30.5 Å². The van der Waals surface area contributed by atoms with Gasteiger partial charge in [-0.15, -0.1) is 0 Å². The molecule has 2 fully saturated rings. The van der Waals surface area contributed by atoms with E-state index in [-0.39, 0.29) is 18.2 Å². The Balaban J connectivity index is 1.75. The number of rotatable bonds is 5. The highest BCUT2D eigenvalue weighted by molar-refractivity contribution is 5.96. The highest BCUT2D eigenvalue weighted by Gasteiger charge is 2.43. The van der Waals surface area contributed by atoms with Crippen LogP contribution < -0.4 is 5.32 Å². The number of carbonyl (C=O) groups is 1. The SMILES string of the molecule is Cc1ccc(C(F)(F)F)cc1C(=O)N[C@H]1CN(CCO)C[C@@H]1C1CC1. The number of nitrogens with one attached hydrogen (secondary N) is 1. The molecule has 1 saturated heterocycles. The number of β-amino-alcohol motifs (C(OH)–C–C–N with tert-alkyl or cyclic N) is 1. The van der Waals surface area contributed by atoms with Crippen LogP contribution in [0.5, 0.6) is 0 Å². The van der Waals surface area contributed by atoms with Crippen LogP contribution in [0.25, 0.3) is 0 Å². The number of likely N-dealkylation sites (tertiary alicyclic amines) is 1. The minimum absolute atomic E-state index is 0.0603.